The van der Waals surface area contributed by atoms with E-state index < -0.39 is 11.6 Å². The predicted molar refractivity (Wildman–Crippen MR) is 63.7 cm³/mol. The smallest absolute Gasteiger partial charge is 0.137 e. The van der Waals surface area contributed by atoms with E-state index in [1.54, 1.807) is 24.3 Å². The SMILES string of the molecule is CC(C)(C)N(CCc1ccc(O)cc1)C(=O)[O-]. The molecule has 0 unspecified atom stereocenters. The van der Waals surface area contributed by atoms with E-state index in [0.717, 1.165) is 5.56 Å². The number of aromatic hydroxyl groups is 1. The lowest BCUT2D eigenvalue weighted by Crippen LogP contribution is -2.52. The minimum absolute atomic E-state index is 0.210. The first-order valence-electron chi connectivity index (χ1n) is 5.57. The molecule has 0 bridgehead atoms. The topological polar surface area (TPSA) is 63.6 Å². The van der Waals surface area contributed by atoms with Gasteiger partial charge in [-0.15, -0.1) is 0 Å². The van der Waals surface area contributed by atoms with E-state index in [4.69, 9.17) is 5.11 Å². The van der Waals surface area contributed by atoms with Crippen molar-refractivity contribution in [1.29, 1.82) is 0 Å². The van der Waals surface area contributed by atoms with Crippen LogP contribution >= 0.6 is 0 Å². The van der Waals surface area contributed by atoms with Crippen molar-refractivity contribution in [3.8, 4) is 5.75 Å². The van der Waals surface area contributed by atoms with Crippen LogP contribution in [0.4, 0.5) is 4.79 Å². The number of hydrogen-bond acceptors (Lipinski definition) is 3. The third kappa shape index (κ3) is 3.98. The number of carboxylic acid groups (broad SMARTS) is 1. The van der Waals surface area contributed by atoms with Crippen molar-refractivity contribution in [3.63, 3.8) is 0 Å². The highest BCUT2D eigenvalue weighted by atomic mass is 16.4. The molecule has 1 N–H and O–H groups in total. The summed E-state index contributed by atoms with van der Waals surface area (Å²) in [5.74, 6) is 0.210. The maximum atomic E-state index is 11.0. The maximum absolute atomic E-state index is 11.0. The molecule has 0 radical (unpaired) electrons. The Morgan fingerprint density at radius 3 is 2.24 bits per heavy atom. The van der Waals surface area contributed by atoms with Crippen molar-refractivity contribution in [2.75, 3.05) is 6.54 Å². The second kappa shape index (κ2) is 5.08. The van der Waals surface area contributed by atoms with E-state index in [2.05, 4.69) is 0 Å². The molecule has 1 rings (SSSR count). The summed E-state index contributed by atoms with van der Waals surface area (Å²) in [6.07, 6.45) is -0.554. The van der Waals surface area contributed by atoms with Crippen LogP contribution in [0.5, 0.6) is 5.75 Å². The second-order valence-corrected chi connectivity index (χ2v) is 5.00. The number of rotatable bonds is 3. The largest absolute Gasteiger partial charge is 0.530 e. The zero-order valence-corrected chi connectivity index (χ0v) is 10.4. The molecule has 0 heterocycles. The van der Waals surface area contributed by atoms with Gasteiger partial charge in [0, 0.05) is 12.1 Å². The van der Waals surface area contributed by atoms with Gasteiger partial charge in [0.15, 0.2) is 0 Å². The molecule has 4 heteroatoms. The minimum Gasteiger partial charge on any atom is -0.530 e. The van der Waals surface area contributed by atoms with Crippen LogP contribution in [0.1, 0.15) is 26.3 Å². The molecule has 94 valence electrons. The Labute approximate surface area is 101 Å². The molecule has 0 aliphatic rings. The number of phenolic OH excluding ortho intramolecular Hbond substituents is 1. The average molecular weight is 236 g/mol. The average Bonchev–Trinajstić information content (AvgIpc) is 2.18. The van der Waals surface area contributed by atoms with Crippen molar-refractivity contribution in [2.24, 2.45) is 0 Å². The molecule has 0 saturated heterocycles. The third-order valence-corrected chi connectivity index (χ3v) is 2.59. The number of hydrogen-bond donors (Lipinski definition) is 1. The van der Waals surface area contributed by atoms with Gasteiger partial charge in [-0.1, -0.05) is 12.1 Å². The zero-order chi connectivity index (χ0) is 13.1. The summed E-state index contributed by atoms with van der Waals surface area (Å²) in [7, 11) is 0. The zero-order valence-electron chi connectivity index (χ0n) is 10.4. The van der Waals surface area contributed by atoms with Gasteiger partial charge in [0.2, 0.25) is 0 Å². The molecule has 1 amide bonds. The lowest BCUT2D eigenvalue weighted by molar-refractivity contribution is -0.270. The Balaban J connectivity index is 2.65. The van der Waals surface area contributed by atoms with Gasteiger partial charge in [-0.05, 0) is 44.9 Å². The van der Waals surface area contributed by atoms with Gasteiger partial charge in [0.1, 0.15) is 11.8 Å². The van der Waals surface area contributed by atoms with E-state index in [0.29, 0.717) is 13.0 Å². The summed E-state index contributed by atoms with van der Waals surface area (Å²) >= 11 is 0. The lowest BCUT2D eigenvalue weighted by Gasteiger charge is -2.38. The Morgan fingerprint density at radius 2 is 1.82 bits per heavy atom. The molecule has 1 aromatic carbocycles. The molecule has 4 nitrogen and oxygen atoms in total. The first-order chi connectivity index (χ1) is 7.80. The van der Waals surface area contributed by atoms with E-state index in [1.807, 2.05) is 20.8 Å². The highest BCUT2D eigenvalue weighted by molar-refractivity contribution is 5.63. The first kappa shape index (κ1) is 13.4. The van der Waals surface area contributed by atoms with Crippen molar-refractivity contribution in [1.82, 2.24) is 4.90 Å². The number of carbonyl (C=O) groups is 1. The van der Waals surface area contributed by atoms with Gasteiger partial charge in [0.05, 0.1) is 0 Å². The van der Waals surface area contributed by atoms with E-state index in [9.17, 15) is 9.90 Å². The summed E-state index contributed by atoms with van der Waals surface area (Å²) in [5, 5.41) is 20.1. The van der Waals surface area contributed by atoms with E-state index in [-0.39, 0.29) is 5.75 Å². The van der Waals surface area contributed by atoms with Crippen LogP contribution in [0.15, 0.2) is 24.3 Å². The third-order valence-electron chi connectivity index (χ3n) is 2.59. The number of carbonyl (C=O) groups excluding carboxylic acids is 1. The van der Waals surface area contributed by atoms with Crippen molar-refractivity contribution < 1.29 is 15.0 Å². The molecule has 0 aromatic heterocycles. The fourth-order valence-electron chi connectivity index (χ4n) is 1.60. The lowest BCUT2D eigenvalue weighted by atomic mass is 10.1. The van der Waals surface area contributed by atoms with Gasteiger partial charge in [-0.3, -0.25) is 0 Å². The van der Waals surface area contributed by atoms with Crippen molar-refractivity contribution >= 4 is 6.09 Å². The fraction of sp³-hybridized carbons (Fsp3) is 0.462. The highest BCUT2D eigenvalue weighted by Crippen LogP contribution is 2.15. The summed E-state index contributed by atoms with van der Waals surface area (Å²) in [4.78, 5) is 12.3. The van der Waals surface area contributed by atoms with Crippen LogP contribution < -0.4 is 5.11 Å². The summed E-state index contributed by atoms with van der Waals surface area (Å²) in [6, 6.07) is 6.75. The minimum atomic E-state index is -1.16. The first-order valence-corrected chi connectivity index (χ1v) is 5.57. The van der Waals surface area contributed by atoms with E-state index >= 15 is 0 Å². The Bertz CT molecular complexity index is 379. The van der Waals surface area contributed by atoms with Crippen LogP contribution in [-0.2, 0) is 6.42 Å². The van der Waals surface area contributed by atoms with Crippen LogP contribution in [0.25, 0.3) is 0 Å². The molecular weight excluding hydrogens is 218 g/mol. The van der Waals surface area contributed by atoms with Gasteiger partial charge < -0.3 is 19.9 Å². The van der Waals surface area contributed by atoms with E-state index in [1.165, 1.54) is 4.90 Å². The number of benzene rings is 1. The molecule has 0 atom stereocenters. The molecule has 17 heavy (non-hydrogen) atoms. The summed E-state index contributed by atoms with van der Waals surface area (Å²) < 4.78 is 0. The Hall–Kier alpha value is -1.71. The number of amides is 1. The predicted octanol–water partition coefficient (Wildman–Crippen LogP) is 1.38. The quantitative estimate of drug-likeness (QED) is 0.862. The van der Waals surface area contributed by atoms with Crippen molar-refractivity contribution in [3.05, 3.63) is 29.8 Å². The summed E-state index contributed by atoms with van der Waals surface area (Å²) in [6.45, 7) is 5.88. The molecule has 0 aliphatic carbocycles. The van der Waals surface area contributed by atoms with Gasteiger partial charge in [-0.2, -0.15) is 0 Å². The van der Waals surface area contributed by atoms with Crippen LogP contribution in [0.2, 0.25) is 0 Å². The molecule has 0 aliphatic heterocycles. The normalized spacial score (nSPS) is 11.2. The van der Waals surface area contributed by atoms with Crippen LogP contribution in [0, 0.1) is 0 Å². The number of nitrogens with zero attached hydrogens (tertiary/aromatic N) is 1. The molecule has 0 spiro atoms. The Kier molecular flexibility index (Phi) is 3.99. The van der Waals surface area contributed by atoms with Gasteiger partial charge >= 0.3 is 0 Å². The molecule has 0 saturated carbocycles. The molecule has 1 aromatic rings. The Morgan fingerprint density at radius 1 is 1.29 bits per heavy atom. The monoisotopic (exact) mass is 236 g/mol. The maximum Gasteiger partial charge on any atom is 0.137 e. The fourth-order valence-corrected chi connectivity index (χ4v) is 1.60. The molecule has 0 fully saturated rings. The molecular formula is C13H18NO3-. The van der Waals surface area contributed by atoms with Crippen LogP contribution in [0.3, 0.4) is 0 Å². The van der Waals surface area contributed by atoms with Crippen LogP contribution in [-0.4, -0.2) is 28.2 Å². The number of phenols is 1. The van der Waals surface area contributed by atoms with Gasteiger partial charge in [-0.25, -0.2) is 0 Å². The van der Waals surface area contributed by atoms with Crippen molar-refractivity contribution in [2.45, 2.75) is 32.7 Å². The highest BCUT2D eigenvalue weighted by Gasteiger charge is 2.20. The summed E-state index contributed by atoms with van der Waals surface area (Å²) in [5.41, 5.74) is 0.522. The van der Waals surface area contributed by atoms with Gasteiger partial charge in [0.25, 0.3) is 0 Å². The second-order valence-electron chi connectivity index (χ2n) is 5.00. The standard InChI is InChI=1S/C13H19NO3/c1-13(2,3)14(12(16)17)9-8-10-4-6-11(15)7-5-10/h4-7,15H,8-9H2,1-3H3,(H,16,17)/p-1.